The maximum absolute atomic E-state index is 12.9. The number of amides is 2. The van der Waals surface area contributed by atoms with Crippen LogP contribution in [0.25, 0.3) is 10.2 Å². The number of nitrogens with zero attached hydrogens (tertiary/aromatic N) is 2. The molecule has 2 aromatic heterocycles. The highest BCUT2D eigenvalue weighted by Crippen LogP contribution is 2.29. The van der Waals surface area contributed by atoms with E-state index in [-0.39, 0.29) is 29.9 Å². The minimum atomic E-state index is -0.375. The van der Waals surface area contributed by atoms with Gasteiger partial charge in [-0.1, -0.05) is 11.3 Å². The van der Waals surface area contributed by atoms with Crippen LogP contribution in [0, 0.1) is 5.82 Å². The molecule has 0 saturated carbocycles. The summed E-state index contributed by atoms with van der Waals surface area (Å²) in [5.41, 5.74) is 1.65. The van der Waals surface area contributed by atoms with Gasteiger partial charge in [0.1, 0.15) is 28.9 Å². The first kappa shape index (κ1) is 19.9. The lowest BCUT2D eigenvalue weighted by molar-refractivity contribution is -0.114. The molecule has 2 heterocycles. The molecule has 0 saturated heterocycles. The van der Waals surface area contributed by atoms with Crippen LogP contribution in [0.3, 0.4) is 0 Å². The van der Waals surface area contributed by atoms with Crippen molar-refractivity contribution in [1.29, 1.82) is 0 Å². The van der Waals surface area contributed by atoms with Crippen LogP contribution in [-0.4, -0.2) is 21.8 Å². The van der Waals surface area contributed by atoms with Crippen LogP contribution in [-0.2, 0) is 11.4 Å². The van der Waals surface area contributed by atoms with Crippen molar-refractivity contribution in [2.75, 3.05) is 10.6 Å². The molecule has 0 fully saturated rings. The molecule has 2 amide bonds. The Labute approximate surface area is 178 Å². The van der Waals surface area contributed by atoms with E-state index in [2.05, 4.69) is 20.6 Å². The molecule has 0 unspecified atom stereocenters. The summed E-state index contributed by atoms with van der Waals surface area (Å²) in [5, 5.41) is 8.16. The number of rotatable bonds is 6. The molecule has 0 atom stereocenters. The van der Waals surface area contributed by atoms with Gasteiger partial charge in [0.15, 0.2) is 5.13 Å². The van der Waals surface area contributed by atoms with E-state index in [1.54, 1.807) is 23.6 Å². The van der Waals surface area contributed by atoms with Gasteiger partial charge in [-0.05, 0) is 42.5 Å². The van der Waals surface area contributed by atoms with Crippen molar-refractivity contribution < 1.29 is 18.7 Å². The number of hydrogen-bond donors (Lipinski definition) is 2. The number of carbonyl (C=O) groups excluding carboxylic acids is 2. The van der Waals surface area contributed by atoms with Crippen molar-refractivity contribution >= 4 is 55.5 Å². The summed E-state index contributed by atoms with van der Waals surface area (Å²) in [5.74, 6) is -0.349. The predicted molar refractivity (Wildman–Crippen MR) is 115 cm³/mol. The van der Waals surface area contributed by atoms with Gasteiger partial charge < -0.3 is 10.1 Å². The summed E-state index contributed by atoms with van der Waals surface area (Å²) in [4.78, 5) is 32.3. The Balaban J connectivity index is 1.40. The molecule has 0 bridgehead atoms. The standard InChI is InChI=1S/C20H15FN4O3S2/c1-11(26)22-13-4-7-15-17(8-13)30-20(24-15)25-19(27)16-10-29-18(23-16)9-28-14-5-2-12(21)3-6-14/h2-8,10H,9H2,1H3,(H,22,26)(H,24,25,27). The molecule has 4 rings (SSSR count). The van der Waals surface area contributed by atoms with E-state index >= 15 is 0 Å². The summed E-state index contributed by atoms with van der Waals surface area (Å²) in [6, 6.07) is 11.0. The van der Waals surface area contributed by atoms with Gasteiger partial charge >= 0.3 is 0 Å². The topological polar surface area (TPSA) is 93.2 Å². The van der Waals surface area contributed by atoms with Crippen LogP contribution in [0.2, 0.25) is 0 Å². The van der Waals surface area contributed by atoms with E-state index < -0.39 is 0 Å². The molecule has 152 valence electrons. The van der Waals surface area contributed by atoms with Crippen molar-refractivity contribution in [3.8, 4) is 5.75 Å². The highest BCUT2D eigenvalue weighted by atomic mass is 32.1. The molecule has 0 aliphatic heterocycles. The van der Waals surface area contributed by atoms with Gasteiger partial charge in [-0.25, -0.2) is 14.4 Å². The first-order valence-corrected chi connectivity index (χ1v) is 10.5. The van der Waals surface area contributed by atoms with Crippen molar-refractivity contribution in [3.05, 3.63) is 64.4 Å². The second-order valence-electron chi connectivity index (χ2n) is 6.21. The molecule has 2 N–H and O–H groups in total. The Morgan fingerprint density at radius 1 is 1.10 bits per heavy atom. The maximum atomic E-state index is 12.9. The van der Waals surface area contributed by atoms with Gasteiger partial charge in [0.2, 0.25) is 5.91 Å². The molecule has 7 nitrogen and oxygen atoms in total. The molecule has 4 aromatic rings. The van der Waals surface area contributed by atoms with Gasteiger partial charge in [-0.15, -0.1) is 11.3 Å². The number of halogens is 1. The largest absolute Gasteiger partial charge is 0.486 e. The second-order valence-corrected chi connectivity index (χ2v) is 8.18. The van der Waals surface area contributed by atoms with Crippen LogP contribution in [0.1, 0.15) is 22.4 Å². The summed E-state index contributed by atoms with van der Waals surface area (Å²) in [7, 11) is 0. The minimum absolute atomic E-state index is 0.157. The lowest BCUT2D eigenvalue weighted by Crippen LogP contribution is -2.12. The SMILES string of the molecule is CC(=O)Nc1ccc2nc(NC(=O)c3csc(COc4ccc(F)cc4)n3)sc2c1. The van der Waals surface area contributed by atoms with Crippen molar-refractivity contribution in [1.82, 2.24) is 9.97 Å². The van der Waals surface area contributed by atoms with Crippen molar-refractivity contribution in [3.63, 3.8) is 0 Å². The van der Waals surface area contributed by atoms with E-state index in [9.17, 15) is 14.0 Å². The zero-order chi connectivity index (χ0) is 21.1. The number of aromatic nitrogens is 2. The third kappa shape index (κ3) is 4.78. The summed E-state index contributed by atoms with van der Waals surface area (Å²) in [6.07, 6.45) is 0. The molecule has 0 radical (unpaired) electrons. The number of thiazole rings is 2. The molecule has 0 aliphatic carbocycles. The van der Waals surface area contributed by atoms with Crippen molar-refractivity contribution in [2.24, 2.45) is 0 Å². The van der Waals surface area contributed by atoms with Gasteiger partial charge in [0, 0.05) is 18.0 Å². The zero-order valence-corrected chi connectivity index (χ0v) is 17.3. The van der Waals surface area contributed by atoms with E-state index in [4.69, 9.17) is 4.74 Å². The smallest absolute Gasteiger partial charge is 0.276 e. The molecular weight excluding hydrogens is 427 g/mol. The molecule has 2 aromatic carbocycles. The third-order valence-corrected chi connectivity index (χ3v) is 5.65. The van der Waals surface area contributed by atoms with Gasteiger partial charge in [0.05, 0.1) is 10.2 Å². The third-order valence-electron chi connectivity index (χ3n) is 3.89. The fraction of sp³-hybridized carbons (Fsp3) is 0.100. The normalized spacial score (nSPS) is 10.7. The molecule has 10 heteroatoms. The van der Waals surface area contributed by atoms with Gasteiger partial charge in [0.25, 0.3) is 5.91 Å². The Kier molecular flexibility index (Phi) is 5.68. The average molecular weight is 442 g/mol. The van der Waals surface area contributed by atoms with Crippen LogP contribution in [0.4, 0.5) is 15.2 Å². The fourth-order valence-electron chi connectivity index (χ4n) is 2.58. The van der Waals surface area contributed by atoms with E-state index in [0.29, 0.717) is 21.6 Å². The van der Waals surface area contributed by atoms with Crippen molar-refractivity contribution in [2.45, 2.75) is 13.5 Å². The Bertz CT molecular complexity index is 1220. The van der Waals surface area contributed by atoms with Crippen LogP contribution >= 0.6 is 22.7 Å². The predicted octanol–water partition coefficient (Wildman–Crippen LogP) is 4.68. The Hall–Kier alpha value is -3.37. The number of carbonyl (C=O) groups is 2. The quantitative estimate of drug-likeness (QED) is 0.452. The highest BCUT2D eigenvalue weighted by Gasteiger charge is 2.14. The number of nitrogens with one attached hydrogen (secondary N) is 2. The zero-order valence-electron chi connectivity index (χ0n) is 15.6. The highest BCUT2D eigenvalue weighted by molar-refractivity contribution is 7.22. The summed E-state index contributed by atoms with van der Waals surface area (Å²) >= 11 is 2.60. The lowest BCUT2D eigenvalue weighted by Gasteiger charge is -2.03. The lowest BCUT2D eigenvalue weighted by atomic mass is 10.3. The number of hydrogen-bond acceptors (Lipinski definition) is 7. The van der Waals surface area contributed by atoms with Crippen LogP contribution in [0.15, 0.2) is 47.8 Å². The monoisotopic (exact) mass is 442 g/mol. The number of ether oxygens (including phenoxy) is 1. The maximum Gasteiger partial charge on any atom is 0.276 e. The molecule has 0 aliphatic rings. The van der Waals surface area contributed by atoms with Gasteiger partial charge in [-0.2, -0.15) is 0 Å². The Morgan fingerprint density at radius 2 is 1.90 bits per heavy atom. The number of benzene rings is 2. The fourth-order valence-corrected chi connectivity index (χ4v) is 4.16. The first-order chi connectivity index (χ1) is 14.5. The molecular formula is C20H15FN4O3S2. The minimum Gasteiger partial charge on any atom is -0.486 e. The van der Waals surface area contributed by atoms with E-state index in [1.165, 1.54) is 53.9 Å². The molecule has 0 spiro atoms. The van der Waals surface area contributed by atoms with E-state index in [1.807, 2.05) is 0 Å². The van der Waals surface area contributed by atoms with Crippen LogP contribution < -0.4 is 15.4 Å². The van der Waals surface area contributed by atoms with Crippen LogP contribution in [0.5, 0.6) is 5.75 Å². The summed E-state index contributed by atoms with van der Waals surface area (Å²) in [6.45, 7) is 1.62. The van der Waals surface area contributed by atoms with Gasteiger partial charge in [-0.3, -0.25) is 14.9 Å². The number of anilines is 2. The molecule has 30 heavy (non-hydrogen) atoms. The number of fused-ring (bicyclic) bond motifs is 1. The summed E-state index contributed by atoms with van der Waals surface area (Å²) < 4.78 is 19.3. The first-order valence-electron chi connectivity index (χ1n) is 8.78. The Morgan fingerprint density at radius 3 is 2.67 bits per heavy atom. The average Bonchev–Trinajstić information content (AvgIpc) is 3.33. The van der Waals surface area contributed by atoms with E-state index in [0.717, 1.165) is 10.2 Å². The second kappa shape index (κ2) is 8.56.